The predicted octanol–water partition coefficient (Wildman–Crippen LogP) is 5.33. The second kappa shape index (κ2) is 14.8. The average molecular weight is 521 g/mol. The van der Waals surface area contributed by atoms with Gasteiger partial charge in [-0.05, 0) is 68.1 Å². The van der Waals surface area contributed by atoms with Crippen molar-refractivity contribution in [1.82, 2.24) is 10.2 Å². The predicted molar refractivity (Wildman–Crippen MR) is 147 cm³/mol. The molecule has 0 aromatic heterocycles. The maximum atomic E-state index is 13.7. The summed E-state index contributed by atoms with van der Waals surface area (Å²) in [6.45, 7) is 7.36. The summed E-state index contributed by atoms with van der Waals surface area (Å²) in [6.07, 6.45) is 1.04. The van der Waals surface area contributed by atoms with Gasteiger partial charge in [0.1, 0.15) is 11.9 Å². The highest BCUT2D eigenvalue weighted by Crippen LogP contribution is 2.29. The first-order chi connectivity index (χ1) is 18.4. The van der Waals surface area contributed by atoms with E-state index >= 15 is 0 Å². The maximum absolute atomic E-state index is 13.7. The molecule has 38 heavy (non-hydrogen) atoms. The number of nitrogens with one attached hydrogen (secondary N) is 1. The Kier molecular flexibility index (Phi) is 11.1. The number of nitrogens with zero attached hydrogens (tertiary/aromatic N) is 1. The summed E-state index contributed by atoms with van der Waals surface area (Å²) in [6, 6.07) is 20.6. The lowest BCUT2D eigenvalue weighted by Gasteiger charge is -2.31. The van der Waals surface area contributed by atoms with E-state index in [-0.39, 0.29) is 30.6 Å². The van der Waals surface area contributed by atoms with Crippen LogP contribution in [-0.2, 0) is 29.0 Å². The fraction of sp³-hybridized carbons (Fsp3) is 0.355. The summed E-state index contributed by atoms with van der Waals surface area (Å²) < 4.78 is 24.9. The second-order valence-corrected chi connectivity index (χ2v) is 8.90. The summed E-state index contributed by atoms with van der Waals surface area (Å²) >= 11 is 0. The molecule has 6 nitrogen and oxygen atoms in total. The molecule has 0 fully saturated rings. The van der Waals surface area contributed by atoms with Crippen molar-refractivity contribution >= 4 is 11.8 Å². The Labute approximate surface area is 224 Å². The Balaban J connectivity index is 1.87. The number of amides is 2. The molecular formula is C31H37FN2O4. The molecule has 2 amide bonds. The Morgan fingerprint density at radius 2 is 1.50 bits per heavy atom. The molecule has 3 aromatic rings. The van der Waals surface area contributed by atoms with Gasteiger partial charge in [0.05, 0.1) is 13.2 Å². The number of aryl methyl sites for hydroxylation is 1. The third-order valence-electron chi connectivity index (χ3n) is 6.12. The van der Waals surface area contributed by atoms with E-state index in [4.69, 9.17) is 9.47 Å². The van der Waals surface area contributed by atoms with Crippen molar-refractivity contribution in [3.05, 3.63) is 95.3 Å². The Morgan fingerprint density at radius 3 is 2.16 bits per heavy atom. The van der Waals surface area contributed by atoms with E-state index in [1.165, 1.54) is 12.1 Å². The summed E-state index contributed by atoms with van der Waals surface area (Å²) in [5.74, 6) is 0.588. The van der Waals surface area contributed by atoms with Crippen LogP contribution >= 0.6 is 0 Å². The van der Waals surface area contributed by atoms with Crippen molar-refractivity contribution < 1.29 is 23.5 Å². The Morgan fingerprint density at radius 1 is 0.842 bits per heavy atom. The van der Waals surface area contributed by atoms with Gasteiger partial charge in [-0.3, -0.25) is 9.59 Å². The molecule has 0 radical (unpaired) electrons. The van der Waals surface area contributed by atoms with E-state index in [0.717, 1.165) is 16.7 Å². The Bertz CT molecular complexity index is 1170. The second-order valence-electron chi connectivity index (χ2n) is 8.90. The van der Waals surface area contributed by atoms with Gasteiger partial charge in [0.25, 0.3) is 0 Å². The van der Waals surface area contributed by atoms with Crippen LogP contribution in [-0.4, -0.2) is 42.5 Å². The van der Waals surface area contributed by atoms with Gasteiger partial charge in [-0.15, -0.1) is 0 Å². The SMILES string of the molecule is CCNC(=O)[C@H](Cc1ccccc1)N(Cc1ccc(F)cc1)C(=O)CCc1ccc(OCC)c(OCC)c1. The lowest BCUT2D eigenvalue weighted by Crippen LogP contribution is -2.50. The normalized spacial score (nSPS) is 11.5. The summed E-state index contributed by atoms with van der Waals surface area (Å²) in [5, 5.41) is 2.89. The zero-order chi connectivity index (χ0) is 27.3. The molecule has 0 saturated heterocycles. The molecule has 0 aliphatic rings. The molecule has 0 unspecified atom stereocenters. The molecule has 7 heteroatoms. The van der Waals surface area contributed by atoms with Gasteiger partial charge < -0.3 is 19.7 Å². The monoisotopic (exact) mass is 520 g/mol. The third-order valence-corrected chi connectivity index (χ3v) is 6.12. The minimum absolute atomic E-state index is 0.159. The Hall–Kier alpha value is -3.87. The third kappa shape index (κ3) is 8.33. The topological polar surface area (TPSA) is 67.9 Å². The number of ether oxygens (including phenoxy) is 2. The fourth-order valence-electron chi connectivity index (χ4n) is 4.28. The molecule has 0 saturated carbocycles. The lowest BCUT2D eigenvalue weighted by molar-refractivity contribution is -0.141. The summed E-state index contributed by atoms with van der Waals surface area (Å²) in [5.41, 5.74) is 2.64. The van der Waals surface area contributed by atoms with Crippen LogP contribution in [0, 0.1) is 5.82 Å². The number of benzene rings is 3. The zero-order valence-electron chi connectivity index (χ0n) is 22.4. The quantitative estimate of drug-likeness (QED) is 0.312. The van der Waals surface area contributed by atoms with Crippen LogP contribution in [0.15, 0.2) is 72.8 Å². The molecule has 1 N–H and O–H groups in total. The van der Waals surface area contributed by atoms with Gasteiger partial charge in [-0.2, -0.15) is 0 Å². The molecule has 0 aliphatic carbocycles. The van der Waals surface area contributed by atoms with Crippen LogP contribution in [0.2, 0.25) is 0 Å². The highest BCUT2D eigenvalue weighted by Gasteiger charge is 2.30. The van der Waals surface area contributed by atoms with Gasteiger partial charge in [0, 0.05) is 25.9 Å². The van der Waals surface area contributed by atoms with Crippen molar-refractivity contribution in [2.24, 2.45) is 0 Å². The molecule has 0 bridgehead atoms. The highest BCUT2D eigenvalue weighted by atomic mass is 19.1. The number of hydrogen-bond acceptors (Lipinski definition) is 4. The van der Waals surface area contributed by atoms with Crippen LogP contribution < -0.4 is 14.8 Å². The first-order valence-corrected chi connectivity index (χ1v) is 13.2. The van der Waals surface area contributed by atoms with Gasteiger partial charge in [-0.1, -0.05) is 48.5 Å². The number of hydrogen-bond donors (Lipinski definition) is 1. The van der Waals surface area contributed by atoms with Crippen molar-refractivity contribution in [1.29, 1.82) is 0 Å². The van der Waals surface area contributed by atoms with Crippen LogP contribution in [0.3, 0.4) is 0 Å². The minimum Gasteiger partial charge on any atom is -0.490 e. The van der Waals surface area contributed by atoms with Crippen molar-refractivity contribution in [3.63, 3.8) is 0 Å². The van der Waals surface area contributed by atoms with Crippen LogP contribution in [0.1, 0.15) is 43.9 Å². The van der Waals surface area contributed by atoms with E-state index in [0.29, 0.717) is 44.1 Å². The number of carbonyl (C=O) groups is 2. The van der Waals surface area contributed by atoms with E-state index in [2.05, 4.69) is 5.32 Å². The molecule has 3 rings (SSSR count). The lowest BCUT2D eigenvalue weighted by atomic mass is 10.0. The molecule has 3 aromatic carbocycles. The standard InChI is InChI=1S/C31H37FN2O4/c1-4-33-31(36)27(20-23-10-8-7-9-11-23)34(22-25-12-16-26(32)17-13-25)30(35)19-15-24-14-18-28(37-5-2)29(21-24)38-6-3/h7-14,16-18,21,27H,4-6,15,19-20,22H2,1-3H3,(H,33,36)/t27-/m0/s1. The van der Waals surface area contributed by atoms with Crippen LogP contribution in [0.5, 0.6) is 11.5 Å². The maximum Gasteiger partial charge on any atom is 0.243 e. The van der Waals surface area contributed by atoms with Crippen LogP contribution in [0.25, 0.3) is 0 Å². The van der Waals surface area contributed by atoms with Gasteiger partial charge in [0.2, 0.25) is 11.8 Å². The van der Waals surface area contributed by atoms with E-state index in [1.807, 2.05) is 69.3 Å². The number of halogens is 1. The first-order valence-electron chi connectivity index (χ1n) is 13.2. The number of rotatable bonds is 14. The minimum atomic E-state index is -0.714. The number of likely N-dealkylation sites (N-methyl/N-ethyl adjacent to an activating group) is 1. The molecule has 1 atom stereocenters. The summed E-state index contributed by atoms with van der Waals surface area (Å²) in [4.78, 5) is 28.6. The van der Waals surface area contributed by atoms with Crippen LogP contribution in [0.4, 0.5) is 4.39 Å². The molecule has 202 valence electrons. The van der Waals surface area contributed by atoms with Crippen molar-refractivity contribution in [2.45, 2.75) is 52.6 Å². The molecule has 0 aliphatic heterocycles. The van der Waals surface area contributed by atoms with Crippen molar-refractivity contribution in [3.8, 4) is 11.5 Å². The van der Waals surface area contributed by atoms with E-state index in [9.17, 15) is 14.0 Å². The largest absolute Gasteiger partial charge is 0.490 e. The molecule has 0 spiro atoms. The molecule has 0 heterocycles. The van der Waals surface area contributed by atoms with Gasteiger partial charge in [0.15, 0.2) is 11.5 Å². The summed E-state index contributed by atoms with van der Waals surface area (Å²) in [7, 11) is 0. The average Bonchev–Trinajstić information content (AvgIpc) is 2.92. The van der Waals surface area contributed by atoms with E-state index < -0.39 is 6.04 Å². The van der Waals surface area contributed by atoms with Gasteiger partial charge >= 0.3 is 0 Å². The van der Waals surface area contributed by atoms with E-state index in [1.54, 1.807) is 17.0 Å². The fourth-order valence-corrected chi connectivity index (χ4v) is 4.28. The van der Waals surface area contributed by atoms with Crippen molar-refractivity contribution in [2.75, 3.05) is 19.8 Å². The van der Waals surface area contributed by atoms with Gasteiger partial charge in [-0.25, -0.2) is 4.39 Å². The molecular weight excluding hydrogens is 483 g/mol. The smallest absolute Gasteiger partial charge is 0.243 e. The first kappa shape index (κ1) is 28.7. The zero-order valence-corrected chi connectivity index (χ0v) is 22.4. The highest BCUT2D eigenvalue weighted by molar-refractivity contribution is 5.88. The number of carbonyl (C=O) groups excluding carboxylic acids is 2.